The summed E-state index contributed by atoms with van der Waals surface area (Å²) in [7, 11) is 0. The maximum Gasteiger partial charge on any atom is 0.0422 e. The molecule has 1 unspecified atom stereocenters. The molecule has 2 heteroatoms. The second-order valence-electron chi connectivity index (χ2n) is 5.14. The van der Waals surface area contributed by atoms with Gasteiger partial charge in [-0.15, -0.1) is 0 Å². The van der Waals surface area contributed by atoms with Crippen molar-refractivity contribution >= 4 is 32.4 Å². The molecule has 2 aromatic carbocycles. The van der Waals surface area contributed by atoms with Crippen LogP contribution in [0.1, 0.15) is 26.2 Å². The predicted molar refractivity (Wildman–Crippen MR) is 82.1 cm³/mol. The molecule has 0 bridgehead atoms. The number of benzene rings is 2. The van der Waals surface area contributed by atoms with E-state index >= 15 is 0 Å². The number of anilines is 1. The summed E-state index contributed by atoms with van der Waals surface area (Å²) in [6.45, 7) is 2.27. The summed E-state index contributed by atoms with van der Waals surface area (Å²) < 4.78 is 1.17. The molecule has 0 radical (unpaired) electrons. The molecule has 1 N–H and O–H groups in total. The lowest BCUT2D eigenvalue weighted by atomic mass is 10.1. The number of hydrogen-bond acceptors (Lipinski definition) is 1. The summed E-state index contributed by atoms with van der Waals surface area (Å²) in [6, 6.07) is 13.5. The highest BCUT2D eigenvalue weighted by atomic mass is 79.9. The number of hydrogen-bond donors (Lipinski definition) is 1. The zero-order valence-corrected chi connectivity index (χ0v) is 12.2. The van der Waals surface area contributed by atoms with Crippen molar-refractivity contribution in [2.24, 2.45) is 5.92 Å². The molecule has 18 heavy (non-hydrogen) atoms. The van der Waals surface area contributed by atoms with E-state index in [-0.39, 0.29) is 0 Å². The highest BCUT2D eigenvalue weighted by molar-refractivity contribution is 9.10. The molecule has 1 nitrogen and oxygen atoms in total. The largest absolute Gasteiger partial charge is 0.382 e. The van der Waals surface area contributed by atoms with E-state index in [9.17, 15) is 0 Å². The van der Waals surface area contributed by atoms with Crippen LogP contribution in [0.2, 0.25) is 0 Å². The third kappa shape index (κ3) is 2.26. The van der Waals surface area contributed by atoms with Gasteiger partial charge in [0.15, 0.2) is 0 Å². The summed E-state index contributed by atoms with van der Waals surface area (Å²) in [5.74, 6) is 0.886. The van der Waals surface area contributed by atoms with Crippen LogP contribution in [0.4, 0.5) is 5.69 Å². The maximum atomic E-state index is 3.74. The SMILES string of the molecule is CCC(Nc1ccc(Br)c2ccccc12)C1CC1. The Kier molecular flexibility index (Phi) is 3.29. The van der Waals surface area contributed by atoms with E-state index in [0.29, 0.717) is 6.04 Å². The highest BCUT2D eigenvalue weighted by Crippen LogP contribution is 2.37. The number of rotatable bonds is 4. The van der Waals surface area contributed by atoms with Crippen LogP contribution in [-0.2, 0) is 0 Å². The molecule has 0 heterocycles. The lowest BCUT2D eigenvalue weighted by Crippen LogP contribution is -2.20. The molecule has 94 valence electrons. The molecule has 0 aliphatic heterocycles. The third-order valence-electron chi connectivity index (χ3n) is 3.84. The van der Waals surface area contributed by atoms with Gasteiger partial charge in [-0.2, -0.15) is 0 Å². The van der Waals surface area contributed by atoms with Crippen molar-refractivity contribution < 1.29 is 0 Å². The molecular weight excluding hydrogens is 286 g/mol. The molecule has 1 aliphatic rings. The van der Waals surface area contributed by atoms with Crippen molar-refractivity contribution in [1.82, 2.24) is 0 Å². The van der Waals surface area contributed by atoms with Crippen molar-refractivity contribution in [2.45, 2.75) is 32.2 Å². The summed E-state index contributed by atoms with van der Waals surface area (Å²) in [5.41, 5.74) is 1.27. The van der Waals surface area contributed by atoms with Crippen molar-refractivity contribution in [3.05, 3.63) is 40.9 Å². The van der Waals surface area contributed by atoms with Crippen LogP contribution in [0.15, 0.2) is 40.9 Å². The van der Waals surface area contributed by atoms with E-state index < -0.39 is 0 Å². The van der Waals surface area contributed by atoms with Gasteiger partial charge in [0.05, 0.1) is 0 Å². The van der Waals surface area contributed by atoms with Gasteiger partial charge in [0, 0.05) is 21.6 Å². The Labute approximate surface area is 117 Å². The van der Waals surface area contributed by atoms with E-state index in [1.807, 2.05) is 0 Å². The molecule has 0 saturated heterocycles. The molecule has 0 amide bonds. The van der Waals surface area contributed by atoms with Gasteiger partial charge >= 0.3 is 0 Å². The molecule has 1 fully saturated rings. The maximum absolute atomic E-state index is 3.74. The van der Waals surface area contributed by atoms with Gasteiger partial charge in [0.2, 0.25) is 0 Å². The molecule has 2 aromatic rings. The number of nitrogens with one attached hydrogen (secondary N) is 1. The van der Waals surface area contributed by atoms with Crippen molar-refractivity contribution in [3.8, 4) is 0 Å². The number of halogens is 1. The smallest absolute Gasteiger partial charge is 0.0422 e. The van der Waals surface area contributed by atoms with Crippen LogP contribution in [0.25, 0.3) is 10.8 Å². The van der Waals surface area contributed by atoms with Gasteiger partial charge in [-0.05, 0) is 42.7 Å². The fourth-order valence-corrected chi connectivity index (χ4v) is 3.12. The minimum Gasteiger partial charge on any atom is -0.382 e. The van der Waals surface area contributed by atoms with E-state index in [0.717, 1.165) is 5.92 Å². The average molecular weight is 304 g/mol. The first-order chi connectivity index (χ1) is 8.79. The molecule has 0 spiro atoms. The van der Waals surface area contributed by atoms with E-state index in [1.165, 1.54) is 40.2 Å². The molecule has 1 atom stereocenters. The van der Waals surface area contributed by atoms with Gasteiger partial charge in [0.25, 0.3) is 0 Å². The Hall–Kier alpha value is -1.02. The Balaban J connectivity index is 1.98. The Morgan fingerprint density at radius 1 is 1.17 bits per heavy atom. The van der Waals surface area contributed by atoms with Crippen molar-refractivity contribution in [3.63, 3.8) is 0 Å². The van der Waals surface area contributed by atoms with E-state index in [1.54, 1.807) is 0 Å². The minimum absolute atomic E-state index is 0.634. The first kappa shape index (κ1) is 12.0. The predicted octanol–water partition coefficient (Wildman–Crippen LogP) is 5.20. The lowest BCUT2D eigenvalue weighted by Gasteiger charge is -2.19. The summed E-state index contributed by atoms with van der Waals surface area (Å²) in [4.78, 5) is 0. The Morgan fingerprint density at radius 3 is 2.56 bits per heavy atom. The summed E-state index contributed by atoms with van der Waals surface area (Å²) >= 11 is 3.63. The highest BCUT2D eigenvalue weighted by Gasteiger charge is 2.29. The summed E-state index contributed by atoms with van der Waals surface area (Å²) in [6.07, 6.45) is 3.98. The zero-order valence-electron chi connectivity index (χ0n) is 10.6. The van der Waals surface area contributed by atoms with Gasteiger partial charge < -0.3 is 5.32 Å². The van der Waals surface area contributed by atoms with E-state index in [2.05, 4.69) is 64.6 Å². The van der Waals surface area contributed by atoms with Crippen LogP contribution in [-0.4, -0.2) is 6.04 Å². The van der Waals surface area contributed by atoms with Crippen molar-refractivity contribution in [2.75, 3.05) is 5.32 Å². The topological polar surface area (TPSA) is 12.0 Å². The monoisotopic (exact) mass is 303 g/mol. The fourth-order valence-electron chi connectivity index (χ4n) is 2.64. The van der Waals surface area contributed by atoms with E-state index in [4.69, 9.17) is 0 Å². The molecule has 0 aromatic heterocycles. The lowest BCUT2D eigenvalue weighted by molar-refractivity contribution is 0.617. The third-order valence-corrected chi connectivity index (χ3v) is 4.53. The van der Waals surface area contributed by atoms with Gasteiger partial charge in [-0.25, -0.2) is 0 Å². The zero-order chi connectivity index (χ0) is 12.5. The Morgan fingerprint density at radius 2 is 1.89 bits per heavy atom. The number of fused-ring (bicyclic) bond motifs is 1. The fraction of sp³-hybridized carbons (Fsp3) is 0.375. The van der Waals surface area contributed by atoms with Crippen LogP contribution in [0.3, 0.4) is 0 Å². The quantitative estimate of drug-likeness (QED) is 0.818. The van der Waals surface area contributed by atoms with Crippen LogP contribution >= 0.6 is 15.9 Å². The minimum atomic E-state index is 0.634. The first-order valence-electron chi connectivity index (χ1n) is 6.73. The first-order valence-corrected chi connectivity index (χ1v) is 7.52. The molecular formula is C16H18BrN. The van der Waals surface area contributed by atoms with Crippen LogP contribution < -0.4 is 5.32 Å². The summed E-state index contributed by atoms with van der Waals surface area (Å²) in [5, 5.41) is 6.34. The van der Waals surface area contributed by atoms with Gasteiger partial charge in [-0.3, -0.25) is 0 Å². The molecule has 3 rings (SSSR count). The second kappa shape index (κ2) is 4.93. The van der Waals surface area contributed by atoms with Crippen LogP contribution in [0, 0.1) is 5.92 Å². The average Bonchev–Trinajstić information content (AvgIpc) is 3.23. The normalized spacial score (nSPS) is 16.8. The molecule has 1 aliphatic carbocycles. The standard InChI is InChI=1S/C16H18BrN/c1-2-15(11-7-8-11)18-16-10-9-14(17)12-5-3-4-6-13(12)16/h3-6,9-11,15,18H,2,7-8H2,1H3. The molecule has 1 saturated carbocycles. The van der Waals surface area contributed by atoms with Gasteiger partial charge in [-0.1, -0.05) is 47.1 Å². The Bertz CT molecular complexity index is 560. The van der Waals surface area contributed by atoms with Gasteiger partial charge in [0.1, 0.15) is 0 Å². The second-order valence-corrected chi connectivity index (χ2v) is 5.99. The van der Waals surface area contributed by atoms with Crippen LogP contribution in [0.5, 0.6) is 0 Å². The van der Waals surface area contributed by atoms with Crippen molar-refractivity contribution in [1.29, 1.82) is 0 Å².